The largest absolute Gasteiger partial charge is 0.392 e. The SMILES string of the molecule is C[Si](C)(C)C/C(=C\CO)c1ccccc1. The molecule has 1 nitrogen and oxygen atoms in total. The summed E-state index contributed by atoms with van der Waals surface area (Å²) in [5.41, 5.74) is 2.53. The van der Waals surface area contributed by atoms with Gasteiger partial charge in [-0.05, 0) is 17.2 Å². The van der Waals surface area contributed by atoms with Gasteiger partial charge in [0, 0.05) is 8.07 Å². The zero-order valence-electron chi connectivity index (χ0n) is 9.83. The summed E-state index contributed by atoms with van der Waals surface area (Å²) in [5.74, 6) is 0. The molecule has 2 heteroatoms. The Bertz CT molecular complexity index is 322. The fourth-order valence-electron chi connectivity index (χ4n) is 1.63. The van der Waals surface area contributed by atoms with E-state index in [1.165, 1.54) is 11.1 Å². The van der Waals surface area contributed by atoms with Crippen LogP contribution in [0.15, 0.2) is 36.4 Å². The minimum absolute atomic E-state index is 0.134. The molecule has 1 N–H and O–H groups in total. The third-order valence-corrected chi connectivity index (χ3v) is 3.64. The van der Waals surface area contributed by atoms with Crippen LogP contribution in [0.4, 0.5) is 0 Å². The van der Waals surface area contributed by atoms with Crippen molar-refractivity contribution in [1.29, 1.82) is 0 Å². The summed E-state index contributed by atoms with van der Waals surface area (Å²) >= 11 is 0. The zero-order valence-corrected chi connectivity index (χ0v) is 10.8. The highest BCUT2D eigenvalue weighted by Gasteiger charge is 2.16. The molecule has 0 aliphatic heterocycles. The van der Waals surface area contributed by atoms with Gasteiger partial charge in [-0.25, -0.2) is 0 Å². The zero-order chi connectivity index (χ0) is 11.3. The van der Waals surface area contributed by atoms with Crippen molar-refractivity contribution >= 4 is 13.6 Å². The first kappa shape index (κ1) is 12.2. The van der Waals surface area contributed by atoms with E-state index in [1.54, 1.807) is 0 Å². The van der Waals surface area contributed by atoms with Crippen LogP contribution in [0.5, 0.6) is 0 Å². The first-order chi connectivity index (χ1) is 7.03. The first-order valence-electron chi connectivity index (χ1n) is 5.38. The minimum atomic E-state index is -1.12. The van der Waals surface area contributed by atoms with Crippen molar-refractivity contribution in [3.63, 3.8) is 0 Å². The Morgan fingerprint density at radius 3 is 2.27 bits per heavy atom. The summed E-state index contributed by atoms with van der Waals surface area (Å²) in [6, 6.07) is 11.5. The molecule has 0 spiro atoms. The third-order valence-electron chi connectivity index (χ3n) is 2.20. The topological polar surface area (TPSA) is 20.2 Å². The van der Waals surface area contributed by atoms with Crippen molar-refractivity contribution in [1.82, 2.24) is 0 Å². The molecule has 82 valence electrons. The second kappa shape index (κ2) is 5.28. The molecule has 15 heavy (non-hydrogen) atoms. The molecule has 0 radical (unpaired) electrons. The average Bonchev–Trinajstić information content (AvgIpc) is 2.17. The van der Waals surface area contributed by atoms with Gasteiger partial charge in [-0.15, -0.1) is 0 Å². The van der Waals surface area contributed by atoms with Crippen LogP contribution in [0.25, 0.3) is 5.57 Å². The van der Waals surface area contributed by atoms with Gasteiger partial charge in [-0.3, -0.25) is 0 Å². The normalized spacial score (nSPS) is 12.9. The predicted octanol–water partition coefficient (Wildman–Crippen LogP) is 3.40. The van der Waals surface area contributed by atoms with Crippen LogP contribution in [-0.4, -0.2) is 19.8 Å². The standard InChI is InChI=1S/C13H20OSi/c1-15(2,3)11-13(9-10-14)12-7-5-4-6-8-12/h4-9,14H,10-11H2,1-3H3/b13-9+. The van der Waals surface area contributed by atoms with Crippen molar-refractivity contribution in [3.8, 4) is 0 Å². The van der Waals surface area contributed by atoms with Crippen LogP contribution in [0.2, 0.25) is 25.7 Å². The Balaban J connectivity index is 2.90. The summed E-state index contributed by atoms with van der Waals surface area (Å²) in [5, 5.41) is 9.03. The average molecular weight is 220 g/mol. The van der Waals surface area contributed by atoms with E-state index >= 15 is 0 Å². The molecule has 0 amide bonds. The van der Waals surface area contributed by atoms with Crippen molar-refractivity contribution in [2.75, 3.05) is 6.61 Å². The fraction of sp³-hybridized carbons (Fsp3) is 0.385. The van der Waals surface area contributed by atoms with Gasteiger partial charge in [0.2, 0.25) is 0 Å². The van der Waals surface area contributed by atoms with Crippen LogP contribution in [0, 0.1) is 0 Å². The van der Waals surface area contributed by atoms with E-state index in [2.05, 4.69) is 31.8 Å². The summed E-state index contributed by atoms with van der Waals surface area (Å²) in [6.45, 7) is 7.18. The molecule has 0 heterocycles. The van der Waals surface area contributed by atoms with Crippen molar-refractivity contribution in [3.05, 3.63) is 42.0 Å². The molecule has 0 atom stereocenters. The highest BCUT2D eigenvalue weighted by Crippen LogP contribution is 2.25. The third kappa shape index (κ3) is 4.45. The lowest BCUT2D eigenvalue weighted by Gasteiger charge is -2.18. The molecule has 0 unspecified atom stereocenters. The van der Waals surface area contributed by atoms with Gasteiger partial charge in [-0.2, -0.15) is 0 Å². The van der Waals surface area contributed by atoms with E-state index in [-0.39, 0.29) is 6.61 Å². The highest BCUT2D eigenvalue weighted by molar-refractivity contribution is 6.77. The second-order valence-electron chi connectivity index (χ2n) is 5.02. The molecule has 0 saturated carbocycles. The lowest BCUT2D eigenvalue weighted by Crippen LogP contribution is -2.19. The Hall–Kier alpha value is -0.863. The lowest BCUT2D eigenvalue weighted by atomic mass is 10.1. The molecule has 0 bridgehead atoms. The van der Waals surface area contributed by atoms with Gasteiger partial charge in [0.15, 0.2) is 0 Å². The van der Waals surface area contributed by atoms with Crippen LogP contribution in [0.1, 0.15) is 5.56 Å². The molecule has 0 aliphatic carbocycles. The van der Waals surface area contributed by atoms with E-state index in [4.69, 9.17) is 5.11 Å². The van der Waals surface area contributed by atoms with Gasteiger partial charge < -0.3 is 5.11 Å². The number of rotatable bonds is 4. The van der Waals surface area contributed by atoms with Crippen molar-refractivity contribution in [2.45, 2.75) is 25.7 Å². The molecule has 1 aromatic carbocycles. The van der Waals surface area contributed by atoms with Crippen LogP contribution in [-0.2, 0) is 0 Å². The second-order valence-corrected chi connectivity index (χ2v) is 10.5. The smallest absolute Gasteiger partial charge is 0.0618 e. The quantitative estimate of drug-likeness (QED) is 0.771. The molecular formula is C13H20OSi. The van der Waals surface area contributed by atoms with Gasteiger partial charge in [0.25, 0.3) is 0 Å². The number of benzene rings is 1. The van der Waals surface area contributed by atoms with E-state index in [1.807, 2.05) is 24.3 Å². The first-order valence-corrected chi connectivity index (χ1v) is 9.09. The molecular weight excluding hydrogens is 200 g/mol. The van der Waals surface area contributed by atoms with Crippen LogP contribution < -0.4 is 0 Å². The molecule has 0 fully saturated rings. The Kier molecular flexibility index (Phi) is 4.30. The van der Waals surface area contributed by atoms with Crippen molar-refractivity contribution in [2.24, 2.45) is 0 Å². The minimum Gasteiger partial charge on any atom is -0.392 e. The van der Waals surface area contributed by atoms with Gasteiger partial charge in [-0.1, -0.05) is 56.0 Å². The highest BCUT2D eigenvalue weighted by atomic mass is 28.3. The number of hydrogen-bond donors (Lipinski definition) is 1. The summed E-state index contributed by atoms with van der Waals surface area (Å²) in [6.07, 6.45) is 1.94. The van der Waals surface area contributed by atoms with Gasteiger partial charge in [0.1, 0.15) is 0 Å². The molecule has 1 aromatic rings. The number of aliphatic hydroxyl groups excluding tert-OH is 1. The number of aliphatic hydroxyl groups is 1. The Morgan fingerprint density at radius 1 is 1.20 bits per heavy atom. The lowest BCUT2D eigenvalue weighted by molar-refractivity contribution is 0.343. The Labute approximate surface area is 93.5 Å². The predicted molar refractivity (Wildman–Crippen MR) is 69.7 cm³/mol. The number of hydrogen-bond acceptors (Lipinski definition) is 1. The molecule has 0 aliphatic rings. The number of allylic oxidation sites excluding steroid dienone is 1. The fourth-order valence-corrected chi connectivity index (χ4v) is 3.12. The monoisotopic (exact) mass is 220 g/mol. The molecule has 1 rings (SSSR count). The maximum atomic E-state index is 9.03. The Morgan fingerprint density at radius 2 is 1.80 bits per heavy atom. The van der Waals surface area contributed by atoms with Gasteiger partial charge >= 0.3 is 0 Å². The molecule has 0 aromatic heterocycles. The summed E-state index contributed by atoms with van der Waals surface area (Å²) in [4.78, 5) is 0. The maximum absolute atomic E-state index is 9.03. The van der Waals surface area contributed by atoms with Crippen LogP contribution in [0.3, 0.4) is 0 Å². The van der Waals surface area contributed by atoms with E-state index < -0.39 is 8.07 Å². The van der Waals surface area contributed by atoms with Gasteiger partial charge in [0.05, 0.1) is 6.61 Å². The molecule has 0 saturated heterocycles. The van der Waals surface area contributed by atoms with E-state index in [0.717, 1.165) is 6.04 Å². The van der Waals surface area contributed by atoms with Crippen molar-refractivity contribution < 1.29 is 5.11 Å². The summed E-state index contributed by atoms with van der Waals surface area (Å²) < 4.78 is 0. The summed E-state index contributed by atoms with van der Waals surface area (Å²) in [7, 11) is -1.12. The van der Waals surface area contributed by atoms with Crippen LogP contribution >= 0.6 is 0 Å². The van der Waals surface area contributed by atoms with E-state index in [9.17, 15) is 0 Å². The maximum Gasteiger partial charge on any atom is 0.0618 e. The van der Waals surface area contributed by atoms with E-state index in [0.29, 0.717) is 0 Å².